The van der Waals surface area contributed by atoms with Crippen molar-refractivity contribution in [3.05, 3.63) is 59.6 Å². The Balaban J connectivity index is 1.92. The second-order valence-corrected chi connectivity index (χ2v) is 4.84. The third-order valence-corrected chi connectivity index (χ3v) is 3.57. The van der Waals surface area contributed by atoms with Gasteiger partial charge >= 0.3 is 0 Å². The van der Waals surface area contributed by atoms with Crippen LogP contribution in [0.25, 0.3) is 11.0 Å². The summed E-state index contributed by atoms with van der Waals surface area (Å²) in [4.78, 5) is 4.30. The molecule has 3 aromatic rings. The summed E-state index contributed by atoms with van der Waals surface area (Å²) in [5.41, 5.74) is 4.29. The van der Waals surface area contributed by atoms with Gasteiger partial charge in [0.15, 0.2) is 0 Å². The fourth-order valence-electron chi connectivity index (χ4n) is 2.48. The highest BCUT2D eigenvalue weighted by atomic mass is 16.3. The molecule has 3 heteroatoms. The lowest BCUT2D eigenvalue weighted by molar-refractivity contribution is 0.551. The van der Waals surface area contributed by atoms with Crippen molar-refractivity contribution in [1.82, 2.24) is 4.98 Å². The first-order valence-electron chi connectivity index (χ1n) is 6.94. The molecule has 0 bridgehead atoms. The first-order valence-corrected chi connectivity index (χ1v) is 6.94. The Bertz CT molecular complexity index is 731. The number of pyridine rings is 1. The van der Waals surface area contributed by atoms with Crippen LogP contribution in [0.2, 0.25) is 0 Å². The van der Waals surface area contributed by atoms with Crippen LogP contribution in [0, 0.1) is 6.92 Å². The molecular formula is C17H18N2O. The molecule has 0 radical (unpaired) electrons. The lowest BCUT2D eigenvalue weighted by Crippen LogP contribution is -2.03. The van der Waals surface area contributed by atoms with E-state index in [4.69, 9.17) is 4.42 Å². The van der Waals surface area contributed by atoms with Crippen LogP contribution in [-0.4, -0.2) is 4.98 Å². The van der Waals surface area contributed by atoms with Crippen LogP contribution in [0.1, 0.15) is 23.9 Å². The van der Waals surface area contributed by atoms with Crippen molar-refractivity contribution >= 4 is 16.7 Å². The highest BCUT2D eigenvalue weighted by Crippen LogP contribution is 2.27. The van der Waals surface area contributed by atoms with Crippen LogP contribution >= 0.6 is 0 Å². The number of hydrogen-bond acceptors (Lipinski definition) is 3. The Labute approximate surface area is 118 Å². The molecule has 0 aliphatic heterocycles. The quantitative estimate of drug-likeness (QED) is 0.764. The zero-order valence-electron chi connectivity index (χ0n) is 11.8. The summed E-state index contributed by atoms with van der Waals surface area (Å²) in [5, 5.41) is 4.65. The van der Waals surface area contributed by atoms with Crippen LogP contribution in [0.15, 0.2) is 47.0 Å². The Morgan fingerprint density at radius 1 is 1.15 bits per heavy atom. The lowest BCUT2D eigenvalue weighted by atomic mass is 10.1. The highest BCUT2D eigenvalue weighted by Gasteiger charge is 2.12. The van der Waals surface area contributed by atoms with Gasteiger partial charge in [-0.05, 0) is 25.1 Å². The molecule has 3 nitrogen and oxygen atoms in total. The molecule has 1 aromatic carbocycles. The molecule has 0 unspecified atom stereocenters. The molecular weight excluding hydrogens is 248 g/mol. The van der Waals surface area contributed by atoms with Crippen molar-refractivity contribution in [1.29, 1.82) is 0 Å². The molecule has 0 fully saturated rings. The Kier molecular flexibility index (Phi) is 3.42. The zero-order valence-corrected chi connectivity index (χ0v) is 11.8. The van der Waals surface area contributed by atoms with Crippen LogP contribution in [0.3, 0.4) is 0 Å². The maximum Gasteiger partial charge on any atom is 0.134 e. The minimum absolute atomic E-state index is 0.757. The van der Waals surface area contributed by atoms with Crippen LogP contribution in [0.4, 0.5) is 5.69 Å². The van der Waals surface area contributed by atoms with Gasteiger partial charge in [0.05, 0.1) is 11.4 Å². The van der Waals surface area contributed by atoms with E-state index < -0.39 is 0 Å². The van der Waals surface area contributed by atoms with Gasteiger partial charge in [-0.15, -0.1) is 0 Å². The fourth-order valence-corrected chi connectivity index (χ4v) is 2.48. The number of benzene rings is 1. The van der Waals surface area contributed by atoms with Crippen LogP contribution < -0.4 is 5.32 Å². The van der Waals surface area contributed by atoms with Gasteiger partial charge in [0.25, 0.3) is 0 Å². The summed E-state index contributed by atoms with van der Waals surface area (Å²) in [6, 6.07) is 12.2. The summed E-state index contributed by atoms with van der Waals surface area (Å²) in [7, 11) is 0. The van der Waals surface area contributed by atoms with Gasteiger partial charge in [-0.2, -0.15) is 0 Å². The average molecular weight is 266 g/mol. The maximum atomic E-state index is 5.91. The van der Waals surface area contributed by atoms with E-state index in [9.17, 15) is 0 Å². The van der Waals surface area contributed by atoms with Crippen molar-refractivity contribution in [2.45, 2.75) is 26.8 Å². The third kappa shape index (κ3) is 2.27. The van der Waals surface area contributed by atoms with E-state index in [-0.39, 0.29) is 0 Å². The maximum absolute atomic E-state index is 5.91. The van der Waals surface area contributed by atoms with Gasteiger partial charge in [-0.25, -0.2) is 0 Å². The monoisotopic (exact) mass is 266 g/mol. The van der Waals surface area contributed by atoms with E-state index in [0.29, 0.717) is 0 Å². The molecule has 102 valence electrons. The third-order valence-electron chi connectivity index (χ3n) is 3.57. The predicted octanol–water partition coefficient (Wildman–Crippen LogP) is 4.31. The van der Waals surface area contributed by atoms with E-state index in [1.54, 1.807) is 0 Å². The minimum atomic E-state index is 0.757. The molecule has 2 heterocycles. The minimum Gasteiger partial charge on any atom is -0.461 e. The number of nitrogens with zero attached hydrogens (tertiary/aromatic N) is 1. The van der Waals surface area contributed by atoms with Gasteiger partial charge < -0.3 is 9.73 Å². The van der Waals surface area contributed by atoms with Gasteiger partial charge in [-0.3, -0.25) is 4.98 Å². The molecule has 0 atom stereocenters. The van der Waals surface area contributed by atoms with Crippen molar-refractivity contribution in [2.24, 2.45) is 0 Å². The number of fused-ring (bicyclic) bond motifs is 1. The average Bonchev–Trinajstić information content (AvgIpc) is 2.84. The molecule has 0 spiro atoms. The van der Waals surface area contributed by atoms with E-state index in [1.807, 2.05) is 31.3 Å². The SMILES string of the molecule is CCc1oc2ccccc2c1CNc1cccnc1C. The number of furan rings is 1. The molecule has 0 aliphatic rings. The molecule has 2 aromatic heterocycles. The van der Waals surface area contributed by atoms with E-state index in [2.05, 4.69) is 35.4 Å². The number of hydrogen-bond donors (Lipinski definition) is 1. The number of aryl methyl sites for hydroxylation is 2. The van der Waals surface area contributed by atoms with E-state index in [1.165, 1.54) is 10.9 Å². The van der Waals surface area contributed by atoms with Crippen molar-refractivity contribution in [3.63, 3.8) is 0 Å². The number of para-hydroxylation sites is 1. The lowest BCUT2D eigenvalue weighted by Gasteiger charge is -2.08. The molecule has 0 saturated carbocycles. The van der Waals surface area contributed by atoms with E-state index >= 15 is 0 Å². The number of nitrogens with one attached hydrogen (secondary N) is 1. The molecule has 0 aliphatic carbocycles. The highest BCUT2D eigenvalue weighted by molar-refractivity contribution is 5.82. The molecule has 20 heavy (non-hydrogen) atoms. The van der Waals surface area contributed by atoms with Crippen LogP contribution in [-0.2, 0) is 13.0 Å². The largest absolute Gasteiger partial charge is 0.461 e. The molecule has 0 amide bonds. The molecule has 1 N–H and O–H groups in total. The van der Waals surface area contributed by atoms with E-state index in [0.717, 1.165) is 35.7 Å². The topological polar surface area (TPSA) is 38.1 Å². The predicted molar refractivity (Wildman–Crippen MR) is 81.9 cm³/mol. The first-order chi connectivity index (χ1) is 9.79. The zero-order chi connectivity index (χ0) is 13.9. The van der Waals surface area contributed by atoms with Gasteiger partial charge in [0, 0.05) is 30.1 Å². The van der Waals surface area contributed by atoms with Gasteiger partial charge in [-0.1, -0.05) is 25.1 Å². The van der Waals surface area contributed by atoms with Gasteiger partial charge in [0.1, 0.15) is 11.3 Å². The Hall–Kier alpha value is -2.29. The summed E-state index contributed by atoms with van der Waals surface area (Å²) < 4.78 is 5.91. The summed E-state index contributed by atoms with van der Waals surface area (Å²) in [6.07, 6.45) is 2.71. The normalized spacial score (nSPS) is 10.9. The molecule has 0 saturated heterocycles. The summed E-state index contributed by atoms with van der Waals surface area (Å²) >= 11 is 0. The standard InChI is InChI=1S/C17H18N2O/c1-3-16-14(13-7-4-5-9-17(13)20-16)11-19-15-8-6-10-18-12(15)2/h4-10,19H,3,11H2,1-2H3. The van der Waals surface area contributed by atoms with Crippen molar-refractivity contribution in [3.8, 4) is 0 Å². The van der Waals surface area contributed by atoms with Crippen molar-refractivity contribution in [2.75, 3.05) is 5.32 Å². The second kappa shape index (κ2) is 5.37. The Morgan fingerprint density at radius 2 is 2.00 bits per heavy atom. The molecule has 3 rings (SSSR count). The number of anilines is 1. The second-order valence-electron chi connectivity index (χ2n) is 4.84. The first kappa shape index (κ1) is 12.7. The number of rotatable bonds is 4. The number of aromatic nitrogens is 1. The fraction of sp³-hybridized carbons (Fsp3) is 0.235. The smallest absolute Gasteiger partial charge is 0.134 e. The van der Waals surface area contributed by atoms with Crippen LogP contribution in [0.5, 0.6) is 0 Å². The van der Waals surface area contributed by atoms with Crippen molar-refractivity contribution < 1.29 is 4.42 Å². The van der Waals surface area contributed by atoms with Gasteiger partial charge in [0.2, 0.25) is 0 Å². The Morgan fingerprint density at radius 3 is 2.80 bits per heavy atom. The summed E-state index contributed by atoms with van der Waals surface area (Å²) in [6.45, 7) is 4.89. The summed E-state index contributed by atoms with van der Waals surface area (Å²) in [5.74, 6) is 1.06.